The molecule has 0 radical (unpaired) electrons. The molecule has 0 spiro atoms. The monoisotopic (exact) mass is 364 g/mol. The SMILES string of the molecule is CC(C)(C)C1=CC(=O)NC2=CC(=NC(=O)CCCBr)C=CC21. The lowest BCUT2D eigenvalue weighted by molar-refractivity contribution is -0.118. The number of nitrogens with zero attached hydrogens (tertiary/aromatic N) is 1. The molecule has 1 N–H and O–H groups in total. The molecular formula is C17H21BrN2O2. The van der Waals surface area contributed by atoms with Crippen LogP contribution in [0.3, 0.4) is 0 Å². The Morgan fingerprint density at radius 2 is 2.09 bits per heavy atom. The number of nitrogens with one attached hydrogen (secondary N) is 1. The summed E-state index contributed by atoms with van der Waals surface area (Å²) in [5, 5.41) is 3.65. The van der Waals surface area contributed by atoms with Crippen molar-refractivity contribution in [2.24, 2.45) is 16.3 Å². The molecule has 2 amide bonds. The van der Waals surface area contributed by atoms with Crippen LogP contribution in [0.5, 0.6) is 0 Å². The number of hydrogen-bond donors (Lipinski definition) is 1. The quantitative estimate of drug-likeness (QED) is 0.781. The van der Waals surface area contributed by atoms with Crippen molar-refractivity contribution < 1.29 is 9.59 Å². The van der Waals surface area contributed by atoms with Gasteiger partial charge >= 0.3 is 0 Å². The van der Waals surface area contributed by atoms with Gasteiger partial charge in [0.2, 0.25) is 11.8 Å². The molecule has 5 heteroatoms. The number of carbonyl (C=O) groups is 2. The predicted octanol–water partition coefficient (Wildman–Crippen LogP) is 3.30. The van der Waals surface area contributed by atoms with Gasteiger partial charge in [-0.25, -0.2) is 4.99 Å². The number of rotatable bonds is 3. The van der Waals surface area contributed by atoms with Gasteiger partial charge in [0.25, 0.3) is 0 Å². The minimum atomic E-state index is -0.136. The van der Waals surface area contributed by atoms with Crippen LogP contribution in [0.25, 0.3) is 0 Å². The molecule has 118 valence electrons. The van der Waals surface area contributed by atoms with Crippen LogP contribution in [0, 0.1) is 11.3 Å². The zero-order valence-corrected chi connectivity index (χ0v) is 14.7. The molecule has 2 rings (SSSR count). The normalized spacial score (nSPS) is 22.8. The third-order valence-electron chi connectivity index (χ3n) is 3.63. The van der Waals surface area contributed by atoms with Gasteiger partial charge in [-0.1, -0.05) is 42.8 Å². The second-order valence-electron chi connectivity index (χ2n) is 6.50. The van der Waals surface area contributed by atoms with Crippen LogP contribution in [0.1, 0.15) is 33.6 Å². The van der Waals surface area contributed by atoms with Crippen LogP contribution in [0.15, 0.2) is 40.6 Å². The van der Waals surface area contributed by atoms with Gasteiger partial charge in [-0.3, -0.25) is 9.59 Å². The molecule has 0 aromatic heterocycles. The molecule has 0 fully saturated rings. The number of aliphatic imine (C=N–C) groups is 1. The Bertz CT molecular complexity index is 607. The van der Waals surface area contributed by atoms with E-state index in [1.165, 1.54) is 0 Å². The third kappa shape index (κ3) is 4.03. The first-order valence-corrected chi connectivity index (χ1v) is 8.54. The van der Waals surface area contributed by atoms with Crippen molar-refractivity contribution in [3.05, 3.63) is 35.6 Å². The van der Waals surface area contributed by atoms with E-state index in [1.54, 1.807) is 12.2 Å². The van der Waals surface area contributed by atoms with Crippen molar-refractivity contribution in [1.29, 1.82) is 0 Å². The fraction of sp³-hybridized carbons (Fsp3) is 0.471. The van der Waals surface area contributed by atoms with Gasteiger partial charge in [0, 0.05) is 29.4 Å². The fourth-order valence-electron chi connectivity index (χ4n) is 2.56. The minimum absolute atomic E-state index is 0.0503. The summed E-state index contributed by atoms with van der Waals surface area (Å²) < 4.78 is 0. The fourth-order valence-corrected chi connectivity index (χ4v) is 2.84. The zero-order valence-electron chi connectivity index (χ0n) is 13.1. The van der Waals surface area contributed by atoms with Gasteiger partial charge in [-0.15, -0.1) is 0 Å². The Labute approximate surface area is 139 Å². The van der Waals surface area contributed by atoms with Crippen molar-refractivity contribution in [2.45, 2.75) is 33.6 Å². The lowest BCUT2D eigenvalue weighted by Crippen LogP contribution is -2.36. The van der Waals surface area contributed by atoms with Crippen LogP contribution < -0.4 is 5.32 Å². The number of fused-ring (bicyclic) bond motifs is 1. The highest BCUT2D eigenvalue weighted by Crippen LogP contribution is 2.38. The molecule has 1 atom stereocenters. The van der Waals surface area contributed by atoms with E-state index < -0.39 is 0 Å². The second kappa shape index (κ2) is 6.73. The van der Waals surface area contributed by atoms with Gasteiger partial charge < -0.3 is 5.32 Å². The minimum Gasteiger partial charge on any atom is -0.325 e. The van der Waals surface area contributed by atoms with Gasteiger partial charge in [-0.05, 0) is 29.6 Å². The summed E-state index contributed by atoms with van der Waals surface area (Å²) in [5.74, 6) is -0.204. The zero-order chi connectivity index (χ0) is 16.3. The summed E-state index contributed by atoms with van der Waals surface area (Å²) in [7, 11) is 0. The summed E-state index contributed by atoms with van der Waals surface area (Å²) in [6.45, 7) is 6.28. The molecule has 1 unspecified atom stereocenters. The van der Waals surface area contributed by atoms with Crippen LogP contribution in [0.2, 0.25) is 0 Å². The number of amides is 2. The van der Waals surface area contributed by atoms with Crippen molar-refractivity contribution >= 4 is 33.5 Å². The van der Waals surface area contributed by atoms with E-state index in [9.17, 15) is 9.59 Å². The molecule has 4 nitrogen and oxygen atoms in total. The van der Waals surface area contributed by atoms with E-state index in [-0.39, 0.29) is 23.1 Å². The van der Waals surface area contributed by atoms with E-state index in [0.717, 1.165) is 23.0 Å². The molecule has 2 aliphatic rings. The molecule has 1 heterocycles. The predicted molar refractivity (Wildman–Crippen MR) is 91.9 cm³/mol. The van der Waals surface area contributed by atoms with E-state index in [2.05, 4.69) is 47.0 Å². The molecule has 0 saturated carbocycles. The summed E-state index contributed by atoms with van der Waals surface area (Å²) in [6, 6.07) is 0. The first-order chi connectivity index (χ1) is 10.3. The number of carbonyl (C=O) groups excluding carboxylic acids is 2. The van der Waals surface area contributed by atoms with E-state index in [1.807, 2.05) is 12.2 Å². The lowest BCUT2D eigenvalue weighted by atomic mass is 9.74. The van der Waals surface area contributed by atoms with Crippen molar-refractivity contribution in [3.8, 4) is 0 Å². The third-order valence-corrected chi connectivity index (χ3v) is 4.19. The highest BCUT2D eigenvalue weighted by atomic mass is 79.9. The molecule has 0 saturated heterocycles. The average molecular weight is 365 g/mol. The van der Waals surface area contributed by atoms with Gasteiger partial charge in [0.1, 0.15) is 0 Å². The van der Waals surface area contributed by atoms with Crippen LogP contribution >= 0.6 is 15.9 Å². The number of alkyl halides is 1. The Hall–Kier alpha value is -1.49. The maximum atomic E-state index is 11.9. The van der Waals surface area contributed by atoms with Crippen molar-refractivity contribution in [3.63, 3.8) is 0 Å². The van der Waals surface area contributed by atoms with E-state index >= 15 is 0 Å². The molecule has 1 aliphatic carbocycles. The Morgan fingerprint density at radius 1 is 1.36 bits per heavy atom. The summed E-state index contributed by atoms with van der Waals surface area (Å²) in [4.78, 5) is 27.7. The Balaban J connectivity index is 2.24. The standard InChI is InChI=1S/C17H21BrN2O2/c1-17(2,3)13-10-16(22)20-14-9-11(6-7-12(13)14)19-15(21)5-4-8-18/h6-7,9-10,12H,4-5,8H2,1-3H3,(H,20,22). The first kappa shape index (κ1) is 16.9. The highest BCUT2D eigenvalue weighted by Gasteiger charge is 2.32. The summed E-state index contributed by atoms with van der Waals surface area (Å²) in [5.41, 5.74) is 2.38. The molecular weight excluding hydrogens is 344 g/mol. The van der Waals surface area contributed by atoms with Crippen LogP contribution in [-0.2, 0) is 9.59 Å². The average Bonchev–Trinajstić information content (AvgIpc) is 2.42. The van der Waals surface area contributed by atoms with Crippen LogP contribution in [0.4, 0.5) is 0 Å². The van der Waals surface area contributed by atoms with E-state index in [0.29, 0.717) is 12.1 Å². The largest absolute Gasteiger partial charge is 0.325 e. The van der Waals surface area contributed by atoms with Crippen LogP contribution in [-0.4, -0.2) is 22.9 Å². The Kier molecular flexibility index (Phi) is 5.16. The molecule has 0 bridgehead atoms. The summed E-state index contributed by atoms with van der Waals surface area (Å²) in [6.07, 6.45) is 8.53. The topological polar surface area (TPSA) is 58.5 Å². The highest BCUT2D eigenvalue weighted by molar-refractivity contribution is 9.09. The van der Waals surface area contributed by atoms with E-state index in [4.69, 9.17) is 0 Å². The van der Waals surface area contributed by atoms with Gasteiger partial charge in [-0.2, -0.15) is 0 Å². The van der Waals surface area contributed by atoms with Gasteiger partial charge in [0.05, 0.1) is 5.71 Å². The summed E-state index contributed by atoms with van der Waals surface area (Å²) >= 11 is 3.30. The van der Waals surface area contributed by atoms with Crippen molar-refractivity contribution in [2.75, 3.05) is 5.33 Å². The molecule has 22 heavy (non-hydrogen) atoms. The number of halogens is 1. The number of allylic oxidation sites excluding steroid dienone is 3. The molecule has 0 aromatic carbocycles. The van der Waals surface area contributed by atoms with Gasteiger partial charge in [0.15, 0.2) is 0 Å². The molecule has 1 aliphatic heterocycles. The second-order valence-corrected chi connectivity index (χ2v) is 7.29. The number of hydrogen-bond acceptors (Lipinski definition) is 2. The Morgan fingerprint density at radius 3 is 2.73 bits per heavy atom. The maximum Gasteiger partial charge on any atom is 0.248 e. The smallest absolute Gasteiger partial charge is 0.248 e. The van der Waals surface area contributed by atoms with Crippen molar-refractivity contribution in [1.82, 2.24) is 5.32 Å². The molecule has 0 aromatic rings. The lowest BCUT2D eigenvalue weighted by Gasteiger charge is -2.34. The first-order valence-electron chi connectivity index (χ1n) is 7.41. The maximum absolute atomic E-state index is 11.9.